The molecule has 2 aromatic carbocycles. The monoisotopic (exact) mass is 287 g/mol. The highest BCUT2D eigenvalue weighted by Gasteiger charge is 2.02. The van der Waals surface area contributed by atoms with E-state index in [0.717, 1.165) is 19.4 Å². The fourth-order valence-electron chi connectivity index (χ4n) is 2.02. The van der Waals surface area contributed by atoms with Crippen molar-refractivity contribution in [2.75, 3.05) is 6.54 Å². The quantitative estimate of drug-likeness (QED) is 0.354. The second kappa shape index (κ2) is 7.92. The van der Waals surface area contributed by atoms with E-state index in [0.29, 0.717) is 6.04 Å². The first-order valence-corrected chi connectivity index (χ1v) is 7.72. The molecule has 0 aromatic heterocycles. The van der Waals surface area contributed by atoms with Crippen LogP contribution in [0.5, 0.6) is 0 Å². The van der Waals surface area contributed by atoms with E-state index in [9.17, 15) is 0 Å². The molecule has 106 valence electrons. The Balaban J connectivity index is 1.82. The lowest BCUT2D eigenvalue weighted by molar-refractivity contribution is 0.601. The summed E-state index contributed by atoms with van der Waals surface area (Å²) >= 11 is 1.69. The molecule has 0 radical (unpaired) electrons. The highest BCUT2D eigenvalue weighted by atomic mass is 32.2. The van der Waals surface area contributed by atoms with E-state index in [1.807, 2.05) is 0 Å². The van der Waals surface area contributed by atoms with Gasteiger partial charge in [-0.1, -0.05) is 30.3 Å². The molecule has 2 aromatic rings. The Hall–Kier alpha value is -1.52. The van der Waals surface area contributed by atoms with Crippen molar-refractivity contribution in [3.8, 4) is 0 Å². The van der Waals surface area contributed by atoms with Crippen LogP contribution in [0.15, 0.2) is 52.4 Å². The molecule has 3 nitrogen and oxygen atoms in total. The van der Waals surface area contributed by atoms with Gasteiger partial charge in [0.15, 0.2) is 0 Å². The van der Waals surface area contributed by atoms with E-state index < -0.39 is 0 Å². The average Bonchev–Trinajstić information content (AvgIpc) is 2.49. The lowest BCUT2D eigenvalue weighted by Gasteiger charge is -2.12. The molecule has 0 fully saturated rings. The minimum absolute atomic E-state index is 0.458. The Bertz CT molecular complexity index is 568. The van der Waals surface area contributed by atoms with Gasteiger partial charge in [-0.3, -0.25) is 9.71 Å². The van der Waals surface area contributed by atoms with Gasteiger partial charge in [-0.05, 0) is 54.6 Å². The SMILES string of the molecule is CC(CCCN=CN)NSc1ccc2ccccc2c1. The third kappa shape index (κ3) is 4.54. The first-order chi connectivity index (χ1) is 9.79. The molecular formula is C16H21N3S. The molecule has 4 heteroatoms. The number of aliphatic imine (C=N–C) groups is 1. The summed E-state index contributed by atoms with van der Waals surface area (Å²) in [5.74, 6) is 0. The van der Waals surface area contributed by atoms with Gasteiger partial charge in [-0.15, -0.1) is 0 Å². The normalized spacial score (nSPS) is 13.1. The lowest BCUT2D eigenvalue weighted by Crippen LogP contribution is -2.18. The summed E-state index contributed by atoms with van der Waals surface area (Å²) in [5.41, 5.74) is 5.21. The van der Waals surface area contributed by atoms with Crippen molar-refractivity contribution < 1.29 is 0 Å². The summed E-state index contributed by atoms with van der Waals surface area (Å²) in [6.45, 7) is 3.00. The highest BCUT2D eigenvalue weighted by molar-refractivity contribution is 7.97. The number of fused-ring (bicyclic) bond motifs is 1. The lowest BCUT2D eigenvalue weighted by atomic mass is 10.1. The molecule has 0 aliphatic carbocycles. The van der Waals surface area contributed by atoms with Gasteiger partial charge in [0.1, 0.15) is 0 Å². The molecule has 20 heavy (non-hydrogen) atoms. The van der Waals surface area contributed by atoms with E-state index >= 15 is 0 Å². The Morgan fingerprint density at radius 3 is 2.85 bits per heavy atom. The van der Waals surface area contributed by atoms with Crippen LogP contribution in [0.25, 0.3) is 10.8 Å². The van der Waals surface area contributed by atoms with E-state index in [2.05, 4.69) is 59.1 Å². The molecule has 0 bridgehead atoms. The zero-order chi connectivity index (χ0) is 14.2. The van der Waals surface area contributed by atoms with Crippen LogP contribution in [-0.2, 0) is 0 Å². The average molecular weight is 287 g/mol. The number of nitrogens with two attached hydrogens (primary N) is 1. The fraction of sp³-hybridized carbons (Fsp3) is 0.312. The predicted octanol–water partition coefficient (Wildman–Crippen LogP) is 3.59. The van der Waals surface area contributed by atoms with E-state index in [4.69, 9.17) is 5.73 Å². The summed E-state index contributed by atoms with van der Waals surface area (Å²) in [6, 6.07) is 15.4. The maximum Gasteiger partial charge on any atom is 0.0797 e. The van der Waals surface area contributed by atoms with Crippen molar-refractivity contribution in [1.82, 2.24) is 4.72 Å². The number of benzene rings is 2. The molecule has 1 unspecified atom stereocenters. The molecule has 1 atom stereocenters. The summed E-state index contributed by atoms with van der Waals surface area (Å²) in [5, 5.41) is 2.56. The zero-order valence-corrected chi connectivity index (χ0v) is 12.6. The second-order valence-corrected chi connectivity index (χ2v) is 5.74. The highest BCUT2D eigenvalue weighted by Crippen LogP contribution is 2.22. The standard InChI is InChI=1S/C16H21N3S/c1-13(5-4-10-18-12-17)19-20-16-9-8-14-6-2-3-7-15(14)11-16/h2-3,6-9,11-13,19H,4-5,10H2,1H3,(H2,17,18). The summed E-state index contributed by atoms with van der Waals surface area (Å²) in [7, 11) is 0. The number of hydrogen-bond donors (Lipinski definition) is 2. The van der Waals surface area contributed by atoms with Crippen LogP contribution in [0.3, 0.4) is 0 Å². The van der Waals surface area contributed by atoms with Gasteiger partial charge in [0.25, 0.3) is 0 Å². The van der Waals surface area contributed by atoms with Crippen LogP contribution in [0, 0.1) is 0 Å². The molecule has 0 saturated carbocycles. The zero-order valence-electron chi connectivity index (χ0n) is 11.8. The Morgan fingerprint density at radius 2 is 2.05 bits per heavy atom. The van der Waals surface area contributed by atoms with Gasteiger partial charge in [0, 0.05) is 17.5 Å². The predicted molar refractivity (Wildman–Crippen MR) is 89.2 cm³/mol. The first kappa shape index (κ1) is 14.9. The molecule has 0 heterocycles. The molecule has 0 spiro atoms. The van der Waals surface area contributed by atoms with Crippen LogP contribution < -0.4 is 10.5 Å². The van der Waals surface area contributed by atoms with Crippen LogP contribution in [0.4, 0.5) is 0 Å². The summed E-state index contributed by atoms with van der Waals surface area (Å²) in [6.07, 6.45) is 3.53. The van der Waals surface area contributed by atoms with Crippen molar-refractivity contribution in [1.29, 1.82) is 0 Å². The van der Waals surface area contributed by atoms with Crippen LogP contribution >= 0.6 is 11.9 Å². The molecule has 0 saturated heterocycles. The number of rotatable bonds is 7. The number of nitrogens with one attached hydrogen (secondary N) is 1. The topological polar surface area (TPSA) is 50.4 Å². The van der Waals surface area contributed by atoms with Gasteiger partial charge in [0.2, 0.25) is 0 Å². The Morgan fingerprint density at radius 1 is 1.25 bits per heavy atom. The Kier molecular flexibility index (Phi) is 5.89. The molecule has 0 aliphatic rings. The maximum atomic E-state index is 5.21. The van der Waals surface area contributed by atoms with Gasteiger partial charge >= 0.3 is 0 Å². The van der Waals surface area contributed by atoms with Crippen LogP contribution in [0.1, 0.15) is 19.8 Å². The van der Waals surface area contributed by atoms with Crippen molar-refractivity contribution in [3.63, 3.8) is 0 Å². The molecule has 3 N–H and O–H groups in total. The number of hydrogen-bond acceptors (Lipinski definition) is 3. The van der Waals surface area contributed by atoms with Gasteiger partial charge in [-0.2, -0.15) is 0 Å². The van der Waals surface area contributed by atoms with Crippen LogP contribution in [0.2, 0.25) is 0 Å². The fourth-order valence-corrected chi connectivity index (χ4v) is 2.80. The third-order valence-corrected chi connectivity index (χ3v) is 4.14. The minimum atomic E-state index is 0.458. The molecule has 0 amide bonds. The molecule has 0 aliphatic heterocycles. The van der Waals surface area contributed by atoms with Crippen molar-refractivity contribution in [2.45, 2.75) is 30.7 Å². The largest absolute Gasteiger partial charge is 0.390 e. The summed E-state index contributed by atoms with van der Waals surface area (Å²) < 4.78 is 3.47. The van der Waals surface area contributed by atoms with Crippen LogP contribution in [-0.4, -0.2) is 18.9 Å². The summed E-state index contributed by atoms with van der Waals surface area (Å²) in [4.78, 5) is 5.26. The maximum absolute atomic E-state index is 5.21. The molecular weight excluding hydrogens is 266 g/mol. The third-order valence-electron chi connectivity index (χ3n) is 3.13. The number of nitrogens with zero attached hydrogens (tertiary/aromatic N) is 1. The van der Waals surface area contributed by atoms with Crippen molar-refractivity contribution >= 4 is 29.1 Å². The van der Waals surface area contributed by atoms with Gasteiger partial charge in [0.05, 0.1) is 6.34 Å². The molecule has 2 rings (SSSR count). The van der Waals surface area contributed by atoms with Gasteiger partial charge < -0.3 is 5.73 Å². The second-order valence-electron chi connectivity index (χ2n) is 4.83. The Labute approximate surface area is 124 Å². The van der Waals surface area contributed by atoms with Gasteiger partial charge in [-0.25, -0.2) is 0 Å². The smallest absolute Gasteiger partial charge is 0.0797 e. The van der Waals surface area contributed by atoms with E-state index in [1.165, 1.54) is 22.0 Å². The first-order valence-electron chi connectivity index (χ1n) is 6.91. The van der Waals surface area contributed by atoms with Crippen molar-refractivity contribution in [3.05, 3.63) is 42.5 Å². The van der Waals surface area contributed by atoms with Crippen molar-refractivity contribution in [2.24, 2.45) is 10.7 Å². The van der Waals surface area contributed by atoms with E-state index in [-0.39, 0.29) is 0 Å². The van der Waals surface area contributed by atoms with E-state index in [1.54, 1.807) is 11.9 Å². The minimum Gasteiger partial charge on any atom is -0.390 e.